The number of hydrogen-bond acceptors (Lipinski definition) is 5. The number of benzene rings is 2. The zero-order valence-electron chi connectivity index (χ0n) is 12.8. The van der Waals surface area contributed by atoms with Gasteiger partial charge in [-0.25, -0.2) is 4.79 Å². The Labute approximate surface area is 133 Å². The van der Waals surface area contributed by atoms with Gasteiger partial charge in [0.05, 0.1) is 16.2 Å². The average Bonchev–Trinajstić information content (AvgIpc) is 2.55. The van der Waals surface area contributed by atoms with Gasteiger partial charge in [0.25, 0.3) is 5.69 Å². The summed E-state index contributed by atoms with van der Waals surface area (Å²) < 4.78 is 0. The molecule has 0 saturated carbocycles. The molecule has 0 aliphatic rings. The van der Waals surface area contributed by atoms with E-state index in [0.29, 0.717) is 5.71 Å². The lowest BCUT2D eigenvalue weighted by molar-refractivity contribution is -0.384. The Hall–Kier alpha value is -3.02. The molecule has 2 aromatic rings. The van der Waals surface area contributed by atoms with Crippen LogP contribution < -0.4 is 0 Å². The van der Waals surface area contributed by atoms with E-state index in [1.807, 2.05) is 44.2 Å². The largest absolute Gasteiger partial charge is 0.365 e. The fourth-order valence-corrected chi connectivity index (χ4v) is 1.96. The summed E-state index contributed by atoms with van der Waals surface area (Å²) in [6, 6.07) is 14.6. The van der Waals surface area contributed by atoms with Gasteiger partial charge >= 0.3 is 5.97 Å². The maximum Gasteiger partial charge on any atom is 0.365 e. The molecule has 0 fully saturated rings. The summed E-state index contributed by atoms with van der Waals surface area (Å²) in [6.45, 7) is 3.90. The van der Waals surface area contributed by atoms with Crippen LogP contribution in [0.5, 0.6) is 0 Å². The van der Waals surface area contributed by atoms with Gasteiger partial charge < -0.3 is 4.84 Å². The lowest BCUT2D eigenvalue weighted by Crippen LogP contribution is -2.12. The Bertz CT molecular complexity index is 722. The number of carbonyl (C=O) groups is 1. The zero-order valence-corrected chi connectivity index (χ0v) is 12.8. The topological polar surface area (TPSA) is 81.8 Å². The van der Waals surface area contributed by atoms with Crippen LogP contribution in [0.1, 0.15) is 29.8 Å². The minimum absolute atomic E-state index is 0.0714. The van der Waals surface area contributed by atoms with Crippen LogP contribution in [0.4, 0.5) is 5.69 Å². The number of oxime groups is 1. The van der Waals surface area contributed by atoms with Gasteiger partial charge in [0.1, 0.15) is 0 Å². The van der Waals surface area contributed by atoms with Crippen LogP contribution in [0.15, 0.2) is 59.8 Å². The molecule has 0 radical (unpaired) electrons. The zero-order chi connectivity index (χ0) is 16.8. The van der Waals surface area contributed by atoms with Crippen molar-refractivity contribution in [3.8, 4) is 0 Å². The molecule has 0 aliphatic heterocycles. The molecule has 118 valence electrons. The third-order valence-corrected chi connectivity index (χ3v) is 3.16. The van der Waals surface area contributed by atoms with E-state index in [0.717, 1.165) is 5.56 Å². The molecule has 0 atom stereocenters. The Balaban J connectivity index is 2.16. The second-order valence-electron chi connectivity index (χ2n) is 5.18. The van der Waals surface area contributed by atoms with Gasteiger partial charge in [-0.05, 0) is 23.6 Å². The summed E-state index contributed by atoms with van der Waals surface area (Å²) in [7, 11) is 0. The summed E-state index contributed by atoms with van der Waals surface area (Å²) in [4.78, 5) is 27.0. The quantitative estimate of drug-likeness (QED) is 0.364. The molecule has 6 nitrogen and oxygen atoms in total. The van der Waals surface area contributed by atoms with Crippen molar-refractivity contribution in [3.05, 3.63) is 75.8 Å². The molecule has 0 aromatic heterocycles. The number of nitro benzene ring substituents is 1. The van der Waals surface area contributed by atoms with E-state index < -0.39 is 10.9 Å². The number of hydrogen-bond donors (Lipinski definition) is 0. The van der Waals surface area contributed by atoms with Gasteiger partial charge in [0.2, 0.25) is 0 Å². The number of non-ortho nitro benzene ring substituents is 1. The second kappa shape index (κ2) is 7.31. The van der Waals surface area contributed by atoms with E-state index >= 15 is 0 Å². The van der Waals surface area contributed by atoms with Crippen molar-refractivity contribution >= 4 is 17.4 Å². The first-order valence-corrected chi connectivity index (χ1v) is 7.08. The minimum Gasteiger partial charge on any atom is -0.313 e. The Kier molecular flexibility index (Phi) is 5.19. The molecule has 0 amide bonds. The fraction of sp³-hybridized carbons (Fsp3) is 0.176. The Morgan fingerprint density at radius 2 is 1.65 bits per heavy atom. The van der Waals surface area contributed by atoms with Crippen LogP contribution in [-0.4, -0.2) is 16.6 Å². The van der Waals surface area contributed by atoms with Crippen LogP contribution in [-0.2, 0) is 4.84 Å². The molecular weight excluding hydrogens is 296 g/mol. The standard InChI is InChI=1S/C17H16N2O4/c1-12(2)16(13-6-4-3-5-7-13)18-23-17(20)14-8-10-15(11-9-14)19(21)22/h3-12H,1-2H3/b18-16-. The highest BCUT2D eigenvalue weighted by Gasteiger charge is 2.13. The smallest absolute Gasteiger partial charge is 0.313 e. The first-order chi connectivity index (χ1) is 11.0. The second-order valence-corrected chi connectivity index (χ2v) is 5.18. The molecule has 0 spiro atoms. The maximum absolute atomic E-state index is 12.0. The first kappa shape index (κ1) is 16.4. The van der Waals surface area contributed by atoms with E-state index in [1.54, 1.807) is 0 Å². The van der Waals surface area contributed by atoms with E-state index in [1.165, 1.54) is 24.3 Å². The first-order valence-electron chi connectivity index (χ1n) is 7.08. The van der Waals surface area contributed by atoms with E-state index in [2.05, 4.69) is 5.16 Å². The van der Waals surface area contributed by atoms with Gasteiger partial charge in [-0.15, -0.1) is 0 Å². The summed E-state index contributed by atoms with van der Waals surface area (Å²) in [6.07, 6.45) is 0. The Morgan fingerprint density at radius 3 is 2.17 bits per heavy atom. The summed E-state index contributed by atoms with van der Waals surface area (Å²) in [5, 5.41) is 14.6. The lowest BCUT2D eigenvalue weighted by Gasteiger charge is -2.09. The molecule has 0 aliphatic carbocycles. The molecule has 0 N–H and O–H groups in total. The highest BCUT2D eigenvalue weighted by Crippen LogP contribution is 2.14. The molecule has 0 unspecified atom stereocenters. The molecule has 2 rings (SSSR count). The number of nitrogens with zero attached hydrogens (tertiary/aromatic N) is 2. The van der Waals surface area contributed by atoms with E-state index in [-0.39, 0.29) is 17.2 Å². The third-order valence-electron chi connectivity index (χ3n) is 3.16. The summed E-state index contributed by atoms with van der Waals surface area (Å²) >= 11 is 0. The van der Waals surface area contributed by atoms with Crippen LogP contribution >= 0.6 is 0 Å². The van der Waals surface area contributed by atoms with Gasteiger partial charge in [-0.3, -0.25) is 10.1 Å². The molecular formula is C17H16N2O4. The highest BCUT2D eigenvalue weighted by atomic mass is 16.7. The van der Waals surface area contributed by atoms with Crippen molar-refractivity contribution in [1.82, 2.24) is 0 Å². The van der Waals surface area contributed by atoms with Gasteiger partial charge in [0, 0.05) is 12.1 Å². The predicted octanol–water partition coefficient (Wildman–Crippen LogP) is 3.81. The maximum atomic E-state index is 12.0. The molecule has 2 aromatic carbocycles. The molecule has 0 bridgehead atoms. The normalized spacial score (nSPS) is 11.3. The third kappa shape index (κ3) is 4.23. The molecule has 0 saturated heterocycles. The van der Waals surface area contributed by atoms with Crippen molar-refractivity contribution in [1.29, 1.82) is 0 Å². The van der Waals surface area contributed by atoms with Crippen LogP contribution in [0.3, 0.4) is 0 Å². The minimum atomic E-state index is -0.658. The van der Waals surface area contributed by atoms with Gasteiger partial charge in [-0.2, -0.15) is 0 Å². The number of carbonyl (C=O) groups excluding carboxylic acids is 1. The van der Waals surface area contributed by atoms with Crippen LogP contribution in [0.25, 0.3) is 0 Å². The van der Waals surface area contributed by atoms with Gasteiger partial charge in [-0.1, -0.05) is 49.3 Å². The molecule has 0 heterocycles. The predicted molar refractivity (Wildman–Crippen MR) is 86.3 cm³/mol. The summed E-state index contributed by atoms with van der Waals surface area (Å²) in [5.74, 6) is -0.587. The Morgan fingerprint density at radius 1 is 1.04 bits per heavy atom. The highest BCUT2D eigenvalue weighted by molar-refractivity contribution is 6.02. The number of nitro groups is 1. The average molecular weight is 312 g/mol. The molecule has 6 heteroatoms. The van der Waals surface area contributed by atoms with Crippen LogP contribution in [0, 0.1) is 16.0 Å². The monoisotopic (exact) mass is 312 g/mol. The fourth-order valence-electron chi connectivity index (χ4n) is 1.96. The van der Waals surface area contributed by atoms with E-state index in [9.17, 15) is 14.9 Å². The van der Waals surface area contributed by atoms with Crippen molar-refractivity contribution < 1.29 is 14.6 Å². The molecule has 23 heavy (non-hydrogen) atoms. The van der Waals surface area contributed by atoms with Crippen molar-refractivity contribution in [3.63, 3.8) is 0 Å². The van der Waals surface area contributed by atoms with Crippen LogP contribution in [0.2, 0.25) is 0 Å². The lowest BCUT2D eigenvalue weighted by atomic mass is 10.0. The van der Waals surface area contributed by atoms with Crippen molar-refractivity contribution in [2.24, 2.45) is 11.1 Å². The van der Waals surface area contributed by atoms with E-state index in [4.69, 9.17) is 4.84 Å². The van der Waals surface area contributed by atoms with Crippen molar-refractivity contribution in [2.45, 2.75) is 13.8 Å². The summed E-state index contributed by atoms with van der Waals surface area (Å²) in [5.41, 5.74) is 1.65. The van der Waals surface area contributed by atoms with Crippen molar-refractivity contribution in [2.75, 3.05) is 0 Å². The van der Waals surface area contributed by atoms with Gasteiger partial charge in [0.15, 0.2) is 0 Å². The SMILES string of the molecule is CC(C)/C(=N/OC(=O)c1ccc([N+](=O)[O-])cc1)c1ccccc1. The number of rotatable bonds is 5.